The molecule has 1 N–H and O–H groups in total. The third kappa shape index (κ3) is 6.38. The van der Waals surface area contributed by atoms with E-state index >= 15 is 0 Å². The van der Waals surface area contributed by atoms with Gasteiger partial charge in [-0.15, -0.1) is 0 Å². The fraction of sp³-hybridized carbons (Fsp3) is 1.00. The molecule has 0 unspecified atom stereocenters. The van der Waals surface area contributed by atoms with Crippen molar-refractivity contribution in [3.8, 4) is 0 Å². The van der Waals surface area contributed by atoms with Crippen LogP contribution in [0, 0.1) is 0 Å². The Morgan fingerprint density at radius 3 is 1.35 bits per heavy atom. The molecule has 0 radical (unpaired) electrons. The first-order valence-electron chi connectivity index (χ1n) is 10.8. The van der Waals surface area contributed by atoms with Crippen molar-refractivity contribution in [1.82, 2.24) is 5.32 Å². The van der Waals surface area contributed by atoms with Crippen molar-refractivity contribution in [3.63, 3.8) is 0 Å². The van der Waals surface area contributed by atoms with Gasteiger partial charge < -0.3 is 4.48 Å². The molecule has 1 heterocycles. The molecule has 0 aliphatic carbocycles. The Morgan fingerprint density at radius 2 is 1.09 bits per heavy atom. The Kier molecular flexibility index (Phi) is 11.2. The predicted octanol–water partition coefficient (Wildman–Crippen LogP) is 5.86. The van der Waals surface area contributed by atoms with Gasteiger partial charge in [-0.1, -0.05) is 53.4 Å². The summed E-state index contributed by atoms with van der Waals surface area (Å²) in [6, 6.07) is 1.81. The maximum Gasteiger partial charge on any atom is 0.133 e. The van der Waals surface area contributed by atoms with Gasteiger partial charge in [0.2, 0.25) is 0 Å². The van der Waals surface area contributed by atoms with Gasteiger partial charge in [-0.25, -0.2) is 0 Å². The molecule has 138 valence electrons. The zero-order valence-corrected chi connectivity index (χ0v) is 16.7. The monoisotopic (exact) mass is 325 g/mol. The summed E-state index contributed by atoms with van der Waals surface area (Å²) >= 11 is 0. The summed E-state index contributed by atoms with van der Waals surface area (Å²) in [5.74, 6) is 0. The standard InChI is InChI=1S/C21H45N2/c1-5-9-13-20(14-10-6-2)23(18-17-22-19-23)21(15-11-7-3)16-12-8-4/h20-22H,5-19H2,1-4H3/q+1. The zero-order valence-electron chi connectivity index (χ0n) is 16.7. The molecule has 0 aromatic carbocycles. The van der Waals surface area contributed by atoms with Crippen LogP contribution >= 0.6 is 0 Å². The molecule has 0 bridgehead atoms. The van der Waals surface area contributed by atoms with Gasteiger partial charge in [0.15, 0.2) is 0 Å². The minimum absolute atomic E-state index is 0.906. The van der Waals surface area contributed by atoms with Gasteiger partial charge in [0.05, 0.1) is 18.6 Å². The third-order valence-electron chi connectivity index (χ3n) is 6.13. The Bertz CT molecular complexity index is 233. The molecule has 1 rings (SSSR count). The number of quaternary nitrogens is 1. The van der Waals surface area contributed by atoms with Gasteiger partial charge in [-0.3, -0.25) is 5.32 Å². The predicted molar refractivity (Wildman–Crippen MR) is 104 cm³/mol. The molecule has 1 fully saturated rings. The summed E-state index contributed by atoms with van der Waals surface area (Å²) in [5, 5.41) is 3.75. The lowest BCUT2D eigenvalue weighted by atomic mass is 9.92. The molecule has 0 amide bonds. The van der Waals surface area contributed by atoms with Crippen LogP contribution in [0.5, 0.6) is 0 Å². The van der Waals surface area contributed by atoms with Crippen molar-refractivity contribution in [2.75, 3.05) is 19.8 Å². The highest BCUT2D eigenvalue weighted by molar-refractivity contribution is 4.73. The molecule has 0 atom stereocenters. The SMILES string of the molecule is CCCCC(CCCC)[N+]1(C(CCCC)CCCC)CCNC1. The largest absolute Gasteiger partial charge is 0.305 e. The van der Waals surface area contributed by atoms with Crippen LogP contribution in [0.15, 0.2) is 0 Å². The highest BCUT2D eigenvalue weighted by Crippen LogP contribution is 2.33. The molecule has 2 nitrogen and oxygen atoms in total. The first-order chi connectivity index (χ1) is 11.2. The topological polar surface area (TPSA) is 12.0 Å². The Morgan fingerprint density at radius 1 is 0.696 bits per heavy atom. The molecule has 2 heteroatoms. The summed E-state index contributed by atoms with van der Waals surface area (Å²) in [7, 11) is 0. The second-order valence-electron chi connectivity index (χ2n) is 7.86. The van der Waals surface area contributed by atoms with Crippen molar-refractivity contribution in [2.24, 2.45) is 0 Å². The minimum atomic E-state index is 0.906. The van der Waals surface area contributed by atoms with E-state index < -0.39 is 0 Å². The van der Waals surface area contributed by atoms with E-state index in [1.807, 2.05) is 0 Å². The first kappa shape index (κ1) is 21.0. The number of nitrogens with zero attached hydrogens (tertiary/aromatic N) is 1. The summed E-state index contributed by atoms with van der Waals surface area (Å²) in [5.41, 5.74) is 0. The Hall–Kier alpha value is -0.0800. The molecule has 0 spiro atoms. The molecule has 0 aromatic heterocycles. The van der Waals surface area contributed by atoms with E-state index in [0.717, 1.165) is 12.1 Å². The van der Waals surface area contributed by atoms with E-state index in [4.69, 9.17) is 0 Å². The maximum absolute atomic E-state index is 3.75. The second-order valence-corrected chi connectivity index (χ2v) is 7.86. The number of hydrogen-bond acceptors (Lipinski definition) is 1. The highest BCUT2D eigenvalue weighted by Gasteiger charge is 2.44. The van der Waals surface area contributed by atoms with E-state index in [-0.39, 0.29) is 0 Å². The lowest BCUT2D eigenvalue weighted by Gasteiger charge is -2.47. The molecule has 23 heavy (non-hydrogen) atoms. The van der Waals surface area contributed by atoms with Crippen LogP contribution in [-0.4, -0.2) is 36.3 Å². The third-order valence-corrected chi connectivity index (χ3v) is 6.13. The van der Waals surface area contributed by atoms with Crippen LogP contribution in [0.2, 0.25) is 0 Å². The van der Waals surface area contributed by atoms with Gasteiger partial charge in [0.25, 0.3) is 0 Å². The van der Waals surface area contributed by atoms with Crippen LogP contribution in [0.1, 0.15) is 105 Å². The van der Waals surface area contributed by atoms with Crippen LogP contribution < -0.4 is 5.32 Å². The molecular formula is C21H45N2+. The van der Waals surface area contributed by atoms with Gasteiger partial charge in [-0.2, -0.15) is 0 Å². The van der Waals surface area contributed by atoms with Gasteiger partial charge in [-0.05, 0) is 51.4 Å². The van der Waals surface area contributed by atoms with Crippen molar-refractivity contribution >= 4 is 0 Å². The summed E-state index contributed by atoms with van der Waals surface area (Å²) < 4.78 is 1.42. The number of nitrogens with one attached hydrogen (secondary N) is 1. The Balaban J connectivity index is 2.91. The van der Waals surface area contributed by atoms with Crippen molar-refractivity contribution in [1.29, 1.82) is 0 Å². The van der Waals surface area contributed by atoms with Crippen molar-refractivity contribution < 1.29 is 4.48 Å². The lowest BCUT2D eigenvalue weighted by Crippen LogP contribution is -2.60. The molecule has 1 aliphatic heterocycles. The van der Waals surface area contributed by atoms with E-state index in [0.29, 0.717) is 0 Å². The number of rotatable bonds is 14. The molecular weight excluding hydrogens is 280 g/mol. The smallest absolute Gasteiger partial charge is 0.133 e. The average Bonchev–Trinajstić information content (AvgIpc) is 3.05. The zero-order chi connectivity index (χ0) is 17.0. The number of unbranched alkanes of at least 4 members (excludes halogenated alkanes) is 4. The van der Waals surface area contributed by atoms with E-state index in [2.05, 4.69) is 33.0 Å². The van der Waals surface area contributed by atoms with Crippen molar-refractivity contribution in [3.05, 3.63) is 0 Å². The normalized spacial score (nSPS) is 17.5. The van der Waals surface area contributed by atoms with Crippen LogP contribution in [0.3, 0.4) is 0 Å². The molecule has 0 aromatic rings. The van der Waals surface area contributed by atoms with Gasteiger partial charge in [0, 0.05) is 6.54 Å². The van der Waals surface area contributed by atoms with Crippen LogP contribution in [0.4, 0.5) is 0 Å². The summed E-state index contributed by atoms with van der Waals surface area (Å²) in [6.07, 6.45) is 16.9. The van der Waals surface area contributed by atoms with E-state index in [1.54, 1.807) is 0 Å². The highest BCUT2D eigenvalue weighted by atomic mass is 15.5. The van der Waals surface area contributed by atoms with Crippen LogP contribution in [-0.2, 0) is 0 Å². The van der Waals surface area contributed by atoms with E-state index in [1.165, 1.54) is 101 Å². The number of hydrogen-bond donors (Lipinski definition) is 1. The van der Waals surface area contributed by atoms with E-state index in [9.17, 15) is 0 Å². The second kappa shape index (κ2) is 12.3. The lowest BCUT2D eigenvalue weighted by molar-refractivity contribution is -0.965. The average molecular weight is 326 g/mol. The summed E-state index contributed by atoms with van der Waals surface area (Å²) in [4.78, 5) is 0. The Labute approximate surface area is 147 Å². The summed E-state index contributed by atoms with van der Waals surface area (Å²) in [6.45, 7) is 13.3. The fourth-order valence-electron chi connectivity index (χ4n) is 4.65. The molecule has 1 saturated heterocycles. The quantitative estimate of drug-likeness (QED) is 0.394. The van der Waals surface area contributed by atoms with Gasteiger partial charge >= 0.3 is 0 Å². The molecule has 0 saturated carbocycles. The van der Waals surface area contributed by atoms with Crippen LogP contribution in [0.25, 0.3) is 0 Å². The van der Waals surface area contributed by atoms with Crippen molar-refractivity contribution in [2.45, 2.75) is 117 Å². The maximum atomic E-state index is 3.75. The minimum Gasteiger partial charge on any atom is -0.305 e. The van der Waals surface area contributed by atoms with Gasteiger partial charge in [0.1, 0.15) is 6.67 Å². The fourth-order valence-corrected chi connectivity index (χ4v) is 4.65. The first-order valence-corrected chi connectivity index (χ1v) is 10.8. The molecule has 1 aliphatic rings.